The standard InChI is InChI=1S/C16H26N2O4S/c1-4-6-13-18(3)16(19)11-12-17-23(20,21)15-9-7-14(8-10-15)22-5-2/h7-10,17H,4-6,11-13H2,1-3H3. The summed E-state index contributed by atoms with van der Waals surface area (Å²) in [5.41, 5.74) is 0. The Labute approximate surface area is 138 Å². The van der Waals surface area contributed by atoms with Crippen LogP contribution in [0.5, 0.6) is 5.75 Å². The molecule has 0 radical (unpaired) electrons. The van der Waals surface area contributed by atoms with E-state index in [0.29, 0.717) is 18.9 Å². The lowest BCUT2D eigenvalue weighted by molar-refractivity contribution is -0.129. The molecule has 7 heteroatoms. The molecule has 0 saturated carbocycles. The van der Waals surface area contributed by atoms with Crippen molar-refractivity contribution in [1.29, 1.82) is 0 Å². The van der Waals surface area contributed by atoms with Gasteiger partial charge in [-0.25, -0.2) is 13.1 Å². The summed E-state index contributed by atoms with van der Waals surface area (Å²) in [7, 11) is -1.87. The minimum Gasteiger partial charge on any atom is -0.494 e. The molecule has 0 aliphatic carbocycles. The Kier molecular flexibility index (Phi) is 8.05. The van der Waals surface area contributed by atoms with Crippen LogP contribution in [0.3, 0.4) is 0 Å². The van der Waals surface area contributed by atoms with E-state index in [1.165, 1.54) is 12.1 Å². The molecule has 0 unspecified atom stereocenters. The van der Waals surface area contributed by atoms with Gasteiger partial charge in [-0.3, -0.25) is 4.79 Å². The highest BCUT2D eigenvalue weighted by Crippen LogP contribution is 2.15. The number of nitrogens with one attached hydrogen (secondary N) is 1. The van der Waals surface area contributed by atoms with Crippen LogP contribution in [-0.2, 0) is 14.8 Å². The third-order valence-corrected chi connectivity index (χ3v) is 4.83. The predicted octanol–water partition coefficient (Wildman–Crippen LogP) is 2.01. The third-order valence-electron chi connectivity index (χ3n) is 3.35. The molecule has 0 spiro atoms. The molecule has 1 aromatic carbocycles. The predicted molar refractivity (Wildman–Crippen MR) is 90.0 cm³/mol. The molecule has 1 amide bonds. The second-order valence-electron chi connectivity index (χ2n) is 5.22. The minimum absolute atomic E-state index is 0.0622. The fraction of sp³-hybridized carbons (Fsp3) is 0.562. The number of carbonyl (C=O) groups excluding carboxylic acids is 1. The van der Waals surface area contributed by atoms with Crippen LogP contribution in [-0.4, -0.2) is 46.0 Å². The molecule has 0 heterocycles. The van der Waals surface area contributed by atoms with Crippen LogP contribution in [0.25, 0.3) is 0 Å². The van der Waals surface area contributed by atoms with Crippen LogP contribution in [0.4, 0.5) is 0 Å². The summed E-state index contributed by atoms with van der Waals surface area (Å²) >= 11 is 0. The number of nitrogens with zero attached hydrogens (tertiary/aromatic N) is 1. The first-order valence-electron chi connectivity index (χ1n) is 7.87. The average Bonchev–Trinajstić information content (AvgIpc) is 2.53. The number of sulfonamides is 1. The molecule has 1 aromatic rings. The van der Waals surface area contributed by atoms with Crippen molar-refractivity contribution in [2.45, 2.75) is 38.0 Å². The fourth-order valence-corrected chi connectivity index (χ4v) is 3.00. The van der Waals surface area contributed by atoms with E-state index < -0.39 is 10.0 Å². The zero-order chi connectivity index (χ0) is 17.3. The minimum atomic E-state index is -3.61. The van der Waals surface area contributed by atoms with E-state index in [-0.39, 0.29) is 23.8 Å². The largest absolute Gasteiger partial charge is 0.494 e. The van der Waals surface area contributed by atoms with Gasteiger partial charge in [-0.2, -0.15) is 0 Å². The fourth-order valence-electron chi connectivity index (χ4n) is 1.97. The third kappa shape index (κ3) is 6.58. The van der Waals surface area contributed by atoms with Crippen molar-refractivity contribution in [3.8, 4) is 5.75 Å². The normalized spacial score (nSPS) is 11.3. The van der Waals surface area contributed by atoms with Gasteiger partial charge >= 0.3 is 0 Å². The van der Waals surface area contributed by atoms with Crippen molar-refractivity contribution in [2.75, 3.05) is 26.7 Å². The maximum absolute atomic E-state index is 12.1. The number of carbonyl (C=O) groups is 1. The Morgan fingerprint density at radius 3 is 2.43 bits per heavy atom. The van der Waals surface area contributed by atoms with Gasteiger partial charge in [0.05, 0.1) is 11.5 Å². The molecule has 0 atom stereocenters. The summed E-state index contributed by atoms with van der Waals surface area (Å²) in [6.45, 7) is 5.23. The number of amides is 1. The van der Waals surface area contributed by atoms with Gasteiger partial charge in [-0.05, 0) is 37.6 Å². The van der Waals surface area contributed by atoms with Crippen molar-refractivity contribution < 1.29 is 17.9 Å². The molecule has 1 N–H and O–H groups in total. The molecular formula is C16H26N2O4S. The van der Waals surface area contributed by atoms with E-state index in [0.717, 1.165) is 12.8 Å². The molecule has 23 heavy (non-hydrogen) atoms. The molecule has 130 valence electrons. The Morgan fingerprint density at radius 2 is 1.87 bits per heavy atom. The first-order valence-corrected chi connectivity index (χ1v) is 9.35. The number of hydrogen-bond donors (Lipinski definition) is 1. The monoisotopic (exact) mass is 342 g/mol. The van der Waals surface area contributed by atoms with E-state index in [2.05, 4.69) is 11.6 Å². The van der Waals surface area contributed by atoms with Crippen LogP contribution in [0, 0.1) is 0 Å². The molecule has 0 aliphatic rings. The van der Waals surface area contributed by atoms with E-state index in [1.807, 2.05) is 6.92 Å². The van der Waals surface area contributed by atoms with Crippen LogP contribution in [0.2, 0.25) is 0 Å². The zero-order valence-corrected chi connectivity index (χ0v) is 14.9. The Morgan fingerprint density at radius 1 is 1.22 bits per heavy atom. The molecule has 0 saturated heterocycles. The number of hydrogen-bond acceptors (Lipinski definition) is 4. The maximum atomic E-state index is 12.1. The van der Waals surface area contributed by atoms with Crippen LogP contribution < -0.4 is 9.46 Å². The van der Waals surface area contributed by atoms with Gasteiger partial charge in [0.25, 0.3) is 0 Å². The zero-order valence-electron chi connectivity index (χ0n) is 14.0. The summed E-state index contributed by atoms with van der Waals surface area (Å²) in [6.07, 6.45) is 2.11. The summed E-state index contributed by atoms with van der Waals surface area (Å²) in [4.78, 5) is 13.7. The van der Waals surface area contributed by atoms with Gasteiger partial charge in [0.2, 0.25) is 15.9 Å². The first kappa shape index (κ1) is 19.4. The Hall–Kier alpha value is -1.60. The van der Waals surface area contributed by atoms with Gasteiger partial charge < -0.3 is 9.64 Å². The lowest BCUT2D eigenvalue weighted by atomic mass is 10.3. The van der Waals surface area contributed by atoms with E-state index >= 15 is 0 Å². The SMILES string of the molecule is CCCCN(C)C(=O)CCNS(=O)(=O)c1ccc(OCC)cc1. The second-order valence-corrected chi connectivity index (χ2v) is 6.99. The Balaban J connectivity index is 2.50. The van der Waals surface area contributed by atoms with Crippen LogP contribution >= 0.6 is 0 Å². The van der Waals surface area contributed by atoms with Gasteiger partial charge in [-0.15, -0.1) is 0 Å². The highest BCUT2D eigenvalue weighted by Gasteiger charge is 2.15. The molecular weight excluding hydrogens is 316 g/mol. The summed E-state index contributed by atoms with van der Waals surface area (Å²) in [6, 6.07) is 6.20. The highest BCUT2D eigenvalue weighted by atomic mass is 32.2. The van der Waals surface area contributed by atoms with Gasteiger partial charge in [0.1, 0.15) is 5.75 Å². The Bertz CT molecular complexity index is 585. The van der Waals surface area contributed by atoms with E-state index in [1.54, 1.807) is 24.1 Å². The van der Waals surface area contributed by atoms with Crippen molar-refractivity contribution in [1.82, 2.24) is 9.62 Å². The molecule has 1 rings (SSSR count). The van der Waals surface area contributed by atoms with Crippen molar-refractivity contribution in [2.24, 2.45) is 0 Å². The summed E-state index contributed by atoms with van der Waals surface area (Å²) in [5.74, 6) is 0.562. The van der Waals surface area contributed by atoms with E-state index in [4.69, 9.17) is 4.74 Å². The molecule has 0 aromatic heterocycles. The van der Waals surface area contributed by atoms with Gasteiger partial charge in [-0.1, -0.05) is 13.3 Å². The number of rotatable bonds is 10. The van der Waals surface area contributed by atoms with Gasteiger partial charge in [0.15, 0.2) is 0 Å². The summed E-state index contributed by atoms with van der Waals surface area (Å²) in [5, 5.41) is 0. The molecule has 0 bridgehead atoms. The van der Waals surface area contributed by atoms with Crippen LogP contribution in [0.1, 0.15) is 33.1 Å². The van der Waals surface area contributed by atoms with Crippen molar-refractivity contribution >= 4 is 15.9 Å². The molecule has 0 aliphatic heterocycles. The lowest BCUT2D eigenvalue weighted by Crippen LogP contribution is -2.32. The first-order chi connectivity index (χ1) is 10.9. The summed E-state index contributed by atoms with van der Waals surface area (Å²) < 4.78 is 32.0. The topological polar surface area (TPSA) is 75.7 Å². The highest BCUT2D eigenvalue weighted by molar-refractivity contribution is 7.89. The molecule has 0 fully saturated rings. The lowest BCUT2D eigenvalue weighted by Gasteiger charge is -2.16. The van der Waals surface area contributed by atoms with Gasteiger partial charge in [0, 0.05) is 26.6 Å². The number of ether oxygens (including phenoxy) is 1. The van der Waals surface area contributed by atoms with Crippen molar-refractivity contribution in [3.63, 3.8) is 0 Å². The van der Waals surface area contributed by atoms with Crippen LogP contribution in [0.15, 0.2) is 29.2 Å². The van der Waals surface area contributed by atoms with Crippen molar-refractivity contribution in [3.05, 3.63) is 24.3 Å². The number of benzene rings is 1. The smallest absolute Gasteiger partial charge is 0.240 e. The average molecular weight is 342 g/mol. The quantitative estimate of drug-likeness (QED) is 0.706. The second kappa shape index (κ2) is 9.52. The molecule has 6 nitrogen and oxygen atoms in total. The van der Waals surface area contributed by atoms with E-state index in [9.17, 15) is 13.2 Å². The maximum Gasteiger partial charge on any atom is 0.240 e. The number of unbranched alkanes of at least 4 members (excludes halogenated alkanes) is 1.